The number of nitriles is 1. The minimum absolute atomic E-state index is 0.682. The summed E-state index contributed by atoms with van der Waals surface area (Å²) in [5, 5.41) is 8.42. The van der Waals surface area contributed by atoms with Gasteiger partial charge < -0.3 is 4.90 Å². The van der Waals surface area contributed by atoms with Gasteiger partial charge in [-0.25, -0.2) is 0 Å². The lowest BCUT2D eigenvalue weighted by Crippen LogP contribution is -2.29. The van der Waals surface area contributed by atoms with E-state index < -0.39 is 0 Å². The summed E-state index contributed by atoms with van der Waals surface area (Å²) in [7, 11) is 2.14. The van der Waals surface area contributed by atoms with Gasteiger partial charge in [-0.05, 0) is 38.9 Å². The first-order valence-electron chi connectivity index (χ1n) is 4.88. The van der Waals surface area contributed by atoms with Gasteiger partial charge in [0.05, 0.1) is 6.07 Å². The molecule has 12 heavy (non-hydrogen) atoms. The van der Waals surface area contributed by atoms with Gasteiger partial charge in [-0.2, -0.15) is 5.26 Å². The lowest BCUT2D eigenvalue weighted by molar-refractivity contribution is 0.222. The van der Waals surface area contributed by atoms with Crippen molar-refractivity contribution < 1.29 is 0 Å². The number of likely N-dealkylation sites (tertiary alicyclic amines) is 1. The number of hydrogen-bond donors (Lipinski definition) is 0. The van der Waals surface area contributed by atoms with Gasteiger partial charge in [-0.15, -0.1) is 0 Å². The van der Waals surface area contributed by atoms with E-state index in [9.17, 15) is 0 Å². The Morgan fingerprint density at radius 1 is 1.33 bits per heavy atom. The lowest BCUT2D eigenvalue weighted by Gasteiger charge is -2.27. The van der Waals surface area contributed by atoms with E-state index in [0.717, 1.165) is 6.42 Å². The van der Waals surface area contributed by atoms with E-state index >= 15 is 0 Å². The normalized spacial score (nSPS) is 19.2. The molecule has 0 unspecified atom stereocenters. The molecule has 1 aliphatic heterocycles. The molecule has 0 N–H and O–H groups in total. The largest absolute Gasteiger partial charge is 0.306 e. The van der Waals surface area contributed by atoms with Crippen molar-refractivity contribution in [1.29, 1.82) is 5.26 Å². The quantitative estimate of drug-likeness (QED) is 0.600. The second-order valence-corrected chi connectivity index (χ2v) is 3.11. The molecule has 0 radical (unpaired) electrons. The van der Waals surface area contributed by atoms with Crippen molar-refractivity contribution in [3.05, 3.63) is 0 Å². The van der Waals surface area contributed by atoms with E-state index in [0.29, 0.717) is 5.92 Å². The van der Waals surface area contributed by atoms with Gasteiger partial charge >= 0.3 is 0 Å². The van der Waals surface area contributed by atoms with Crippen LogP contribution in [0.1, 0.15) is 33.1 Å². The first-order chi connectivity index (χ1) is 5.83. The zero-order valence-corrected chi connectivity index (χ0v) is 8.51. The van der Waals surface area contributed by atoms with Gasteiger partial charge in [0.1, 0.15) is 0 Å². The van der Waals surface area contributed by atoms with Crippen LogP contribution in [0, 0.1) is 17.2 Å². The second kappa shape index (κ2) is 7.12. The summed E-state index contributed by atoms with van der Waals surface area (Å²) >= 11 is 0. The maximum absolute atomic E-state index is 8.42. The van der Waals surface area contributed by atoms with E-state index in [2.05, 4.69) is 18.0 Å². The van der Waals surface area contributed by atoms with E-state index in [1.807, 2.05) is 13.8 Å². The smallest absolute Gasteiger partial charge is 0.0624 e. The Balaban J connectivity index is 0.000000561. The van der Waals surface area contributed by atoms with Crippen molar-refractivity contribution in [2.24, 2.45) is 5.92 Å². The maximum Gasteiger partial charge on any atom is 0.0624 e. The minimum Gasteiger partial charge on any atom is -0.306 e. The molecule has 0 bridgehead atoms. The molecule has 1 saturated heterocycles. The van der Waals surface area contributed by atoms with Crippen molar-refractivity contribution in [3.63, 3.8) is 0 Å². The highest BCUT2D eigenvalue weighted by Crippen LogP contribution is 2.18. The zero-order chi connectivity index (χ0) is 9.40. The third kappa shape index (κ3) is 4.35. The van der Waals surface area contributed by atoms with Crippen LogP contribution in [0.15, 0.2) is 0 Å². The summed E-state index contributed by atoms with van der Waals surface area (Å²) < 4.78 is 0. The van der Waals surface area contributed by atoms with Gasteiger partial charge in [0.25, 0.3) is 0 Å². The minimum atomic E-state index is 0.682. The van der Waals surface area contributed by atoms with Crippen LogP contribution in [0.2, 0.25) is 0 Å². The van der Waals surface area contributed by atoms with Gasteiger partial charge in [-0.3, -0.25) is 0 Å². The number of piperidine rings is 1. The monoisotopic (exact) mass is 168 g/mol. The molecule has 70 valence electrons. The molecule has 0 amide bonds. The topological polar surface area (TPSA) is 27.0 Å². The van der Waals surface area contributed by atoms with Crippen LogP contribution < -0.4 is 0 Å². The van der Waals surface area contributed by atoms with Gasteiger partial charge in [0, 0.05) is 6.42 Å². The van der Waals surface area contributed by atoms with Crippen LogP contribution >= 0.6 is 0 Å². The summed E-state index contributed by atoms with van der Waals surface area (Å²) in [5.74, 6) is 0.682. The van der Waals surface area contributed by atoms with Crippen molar-refractivity contribution in [2.75, 3.05) is 20.1 Å². The Labute approximate surface area is 76.2 Å². The number of hydrogen-bond acceptors (Lipinski definition) is 2. The Morgan fingerprint density at radius 3 is 2.25 bits per heavy atom. The lowest BCUT2D eigenvalue weighted by atomic mass is 9.95. The molecule has 0 aromatic rings. The summed E-state index contributed by atoms with van der Waals surface area (Å²) in [6.45, 7) is 6.35. The van der Waals surface area contributed by atoms with Crippen molar-refractivity contribution >= 4 is 0 Å². The summed E-state index contributed by atoms with van der Waals surface area (Å²) in [6, 6.07) is 2.23. The van der Waals surface area contributed by atoms with Gasteiger partial charge in [0.15, 0.2) is 0 Å². The Kier molecular flexibility index (Phi) is 6.79. The van der Waals surface area contributed by atoms with Crippen LogP contribution in [0.5, 0.6) is 0 Å². The Morgan fingerprint density at radius 2 is 1.83 bits per heavy atom. The van der Waals surface area contributed by atoms with Gasteiger partial charge in [0.2, 0.25) is 0 Å². The van der Waals surface area contributed by atoms with Crippen LogP contribution in [0.4, 0.5) is 0 Å². The molecule has 0 saturated carbocycles. The maximum atomic E-state index is 8.42. The van der Waals surface area contributed by atoms with E-state index in [4.69, 9.17) is 5.26 Å². The summed E-state index contributed by atoms with van der Waals surface area (Å²) in [5.41, 5.74) is 0. The first kappa shape index (κ1) is 11.4. The average Bonchev–Trinajstić information content (AvgIpc) is 2.13. The van der Waals surface area contributed by atoms with E-state index in [1.54, 1.807) is 0 Å². The van der Waals surface area contributed by atoms with Crippen LogP contribution in [0.25, 0.3) is 0 Å². The molecule has 0 atom stereocenters. The SMILES string of the molecule is CC.CN1CCC(CC#N)CC1. The standard InChI is InChI=1S/C8H14N2.C2H6/c1-10-6-3-8(2-5-9)4-7-10;1-2/h8H,2-4,6-7H2,1H3;1-2H3. The summed E-state index contributed by atoms with van der Waals surface area (Å²) in [4.78, 5) is 2.33. The molecule has 1 aliphatic rings. The molecular formula is C10H20N2. The van der Waals surface area contributed by atoms with E-state index in [-0.39, 0.29) is 0 Å². The molecule has 0 aromatic heterocycles. The second-order valence-electron chi connectivity index (χ2n) is 3.11. The fraction of sp³-hybridized carbons (Fsp3) is 0.900. The highest BCUT2D eigenvalue weighted by molar-refractivity contribution is 4.79. The van der Waals surface area contributed by atoms with Crippen LogP contribution in [0.3, 0.4) is 0 Å². The average molecular weight is 168 g/mol. The summed E-state index contributed by atoms with van der Waals surface area (Å²) in [6.07, 6.45) is 3.18. The van der Waals surface area contributed by atoms with Crippen molar-refractivity contribution in [2.45, 2.75) is 33.1 Å². The van der Waals surface area contributed by atoms with Crippen LogP contribution in [-0.2, 0) is 0 Å². The molecule has 1 heterocycles. The fourth-order valence-electron chi connectivity index (χ4n) is 1.40. The molecule has 0 aliphatic carbocycles. The third-order valence-corrected chi connectivity index (χ3v) is 2.22. The first-order valence-corrected chi connectivity index (χ1v) is 4.88. The Hall–Kier alpha value is -0.550. The third-order valence-electron chi connectivity index (χ3n) is 2.22. The van der Waals surface area contributed by atoms with E-state index in [1.165, 1.54) is 25.9 Å². The highest BCUT2D eigenvalue weighted by Gasteiger charge is 2.15. The number of rotatable bonds is 1. The zero-order valence-electron chi connectivity index (χ0n) is 8.51. The predicted octanol–water partition coefficient (Wildman–Crippen LogP) is 2.27. The van der Waals surface area contributed by atoms with Crippen molar-refractivity contribution in [3.8, 4) is 6.07 Å². The molecular weight excluding hydrogens is 148 g/mol. The highest BCUT2D eigenvalue weighted by atomic mass is 15.1. The molecule has 1 fully saturated rings. The molecule has 0 aromatic carbocycles. The van der Waals surface area contributed by atoms with Crippen molar-refractivity contribution in [1.82, 2.24) is 4.90 Å². The molecule has 0 spiro atoms. The molecule has 2 nitrogen and oxygen atoms in total. The molecule has 2 heteroatoms. The predicted molar refractivity (Wildman–Crippen MR) is 51.8 cm³/mol. The van der Waals surface area contributed by atoms with Gasteiger partial charge in [-0.1, -0.05) is 13.8 Å². The van der Waals surface area contributed by atoms with Crippen LogP contribution in [-0.4, -0.2) is 25.0 Å². The fourth-order valence-corrected chi connectivity index (χ4v) is 1.40. The molecule has 1 rings (SSSR count). The number of nitrogens with zero attached hydrogens (tertiary/aromatic N) is 2. The Bertz CT molecular complexity index is 129.